The van der Waals surface area contributed by atoms with Gasteiger partial charge in [0.15, 0.2) is 0 Å². The van der Waals surface area contributed by atoms with Crippen molar-refractivity contribution in [3.8, 4) is 0 Å². The number of hydrogen-bond donors (Lipinski definition) is 3. The van der Waals surface area contributed by atoms with Crippen molar-refractivity contribution in [3.63, 3.8) is 0 Å². The van der Waals surface area contributed by atoms with Crippen LogP contribution in [0.25, 0.3) is 10.9 Å². The third-order valence-electron chi connectivity index (χ3n) is 3.07. The summed E-state index contributed by atoms with van der Waals surface area (Å²) in [5.74, 6) is -0.214. The fraction of sp³-hybridized carbons (Fsp3) is 0. The van der Waals surface area contributed by atoms with Gasteiger partial charge in [-0.1, -0.05) is 23.7 Å². The number of anilines is 2. The predicted molar refractivity (Wildman–Crippen MR) is 82.1 cm³/mol. The van der Waals surface area contributed by atoms with Crippen molar-refractivity contribution in [2.45, 2.75) is 0 Å². The lowest BCUT2D eigenvalue weighted by atomic mass is 10.1. The molecule has 0 aliphatic carbocycles. The summed E-state index contributed by atoms with van der Waals surface area (Å²) in [6.07, 6.45) is 1.66. The number of aromatic amines is 1. The highest BCUT2D eigenvalue weighted by molar-refractivity contribution is 6.34. The summed E-state index contributed by atoms with van der Waals surface area (Å²) in [5.41, 5.74) is 8.34. The first-order valence-corrected chi connectivity index (χ1v) is 6.45. The van der Waals surface area contributed by atoms with Gasteiger partial charge in [-0.3, -0.25) is 4.79 Å². The summed E-state index contributed by atoms with van der Waals surface area (Å²) < 4.78 is 0. The number of hydrogen-bond acceptors (Lipinski definition) is 2. The van der Waals surface area contributed by atoms with Crippen LogP contribution in [0, 0.1) is 0 Å². The molecule has 0 fully saturated rings. The monoisotopic (exact) mass is 285 g/mol. The molecule has 0 radical (unpaired) electrons. The highest BCUT2D eigenvalue weighted by Gasteiger charge is 2.13. The highest BCUT2D eigenvalue weighted by Crippen LogP contribution is 2.24. The number of H-pyrrole nitrogens is 1. The van der Waals surface area contributed by atoms with Crippen molar-refractivity contribution in [2.75, 3.05) is 11.1 Å². The molecular formula is C15H12ClN3O. The standard InChI is InChI=1S/C15H12ClN3O/c16-12-3-1-2-4-13(12)19-15(20)11-8-18-14-7-9(17)5-6-10(11)14/h1-8,18H,17H2,(H,19,20). The van der Waals surface area contributed by atoms with E-state index in [2.05, 4.69) is 10.3 Å². The number of nitrogens with one attached hydrogen (secondary N) is 2. The zero-order chi connectivity index (χ0) is 14.1. The molecule has 0 saturated heterocycles. The Bertz CT molecular complexity index is 795. The average molecular weight is 286 g/mol. The molecule has 4 N–H and O–H groups in total. The van der Waals surface area contributed by atoms with E-state index in [1.807, 2.05) is 18.2 Å². The Morgan fingerprint density at radius 2 is 2.00 bits per heavy atom. The van der Waals surface area contributed by atoms with Crippen LogP contribution in [-0.2, 0) is 0 Å². The molecule has 0 atom stereocenters. The summed E-state index contributed by atoms with van der Waals surface area (Å²) in [6, 6.07) is 12.5. The van der Waals surface area contributed by atoms with E-state index in [4.69, 9.17) is 17.3 Å². The number of halogens is 1. The topological polar surface area (TPSA) is 70.9 Å². The van der Waals surface area contributed by atoms with E-state index in [1.165, 1.54) is 0 Å². The quantitative estimate of drug-likeness (QED) is 0.629. The van der Waals surface area contributed by atoms with Gasteiger partial charge in [-0.2, -0.15) is 0 Å². The third kappa shape index (κ3) is 2.21. The van der Waals surface area contributed by atoms with E-state index in [9.17, 15) is 4.79 Å². The summed E-state index contributed by atoms with van der Waals surface area (Å²) in [4.78, 5) is 15.3. The van der Waals surface area contributed by atoms with Crippen LogP contribution in [0.2, 0.25) is 5.02 Å². The maximum absolute atomic E-state index is 12.3. The normalized spacial score (nSPS) is 10.7. The van der Waals surface area contributed by atoms with Crippen molar-refractivity contribution in [3.05, 3.63) is 59.2 Å². The van der Waals surface area contributed by atoms with Crippen LogP contribution >= 0.6 is 11.6 Å². The molecule has 20 heavy (non-hydrogen) atoms. The SMILES string of the molecule is Nc1ccc2c(C(=O)Nc3ccccc3Cl)c[nH]c2c1. The maximum atomic E-state index is 12.3. The Labute approximate surface area is 120 Å². The van der Waals surface area contributed by atoms with Gasteiger partial charge in [0, 0.05) is 22.8 Å². The number of aromatic nitrogens is 1. The molecule has 100 valence electrons. The highest BCUT2D eigenvalue weighted by atomic mass is 35.5. The van der Waals surface area contributed by atoms with Crippen LogP contribution in [-0.4, -0.2) is 10.9 Å². The lowest BCUT2D eigenvalue weighted by molar-refractivity contribution is 0.102. The molecule has 0 bridgehead atoms. The molecule has 3 aromatic rings. The van der Waals surface area contributed by atoms with Crippen LogP contribution in [0.4, 0.5) is 11.4 Å². The Morgan fingerprint density at radius 1 is 1.20 bits per heavy atom. The molecule has 1 amide bonds. The Hall–Kier alpha value is -2.46. The molecule has 0 aliphatic rings. The summed E-state index contributed by atoms with van der Waals surface area (Å²) >= 11 is 6.03. The third-order valence-corrected chi connectivity index (χ3v) is 3.40. The summed E-state index contributed by atoms with van der Waals surface area (Å²) in [6.45, 7) is 0. The number of nitrogen functional groups attached to an aromatic ring is 1. The lowest BCUT2D eigenvalue weighted by Gasteiger charge is -2.06. The number of rotatable bonds is 2. The Morgan fingerprint density at radius 3 is 2.80 bits per heavy atom. The van der Waals surface area contributed by atoms with Crippen LogP contribution < -0.4 is 11.1 Å². The first kappa shape index (κ1) is 12.6. The summed E-state index contributed by atoms with van der Waals surface area (Å²) in [5, 5.41) is 4.12. The largest absolute Gasteiger partial charge is 0.399 e. The van der Waals surface area contributed by atoms with Gasteiger partial charge in [0.1, 0.15) is 0 Å². The predicted octanol–water partition coefficient (Wildman–Crippen LogP) is 3.66. The van der Waals surface area contributed by atoms with Crippen molar-refractivity contribution in [1.29, 1.82) is 0 Å². The molecular weight excluding hydrogens is 274 g/mol. The number of carbonyl (C=O) groups is 1. The van der Waals surface area contributed by atoms with E-state index in [1.54, 1.807) is 30.5 Å². The molecule has 4 nitrogen and oxygen atoms in total. The van der Waals surface area contributed by atoms with Crippen molar-refractivity contribution >= 4 is 39.8 Å². The van der Waals surface area contributed by atoms with Gasteiger partial charge >= 0.3 is 0 Å². The number of nitrogens with two attached hydrogens (primary N) is 1. The molecule has 3 rings (SSSR count). The fourth-order valence-corrected chi connectivity index (χ4v) is 2.27. The molecule has 0 saturated carbocycles. The van der Waals surface area contributed by atoms with Gasteiger partial charge in [-0.05, 0) is 30.3 Å². The zero-order valence-corrected chi connectivity index (χ0v) is 11.2. The van der Waals surface area contributed by atoms with E-state index in [-0.39, 0.29) is 5.91 Å². The first-order chi connectivity index (χ1) is 9.65. The van der Waals surface area contributed by atoms with E-state index in [0.717, 1.165) is 10.9 Å². The maximum Gasteiger partial charge on any atom is 0.257 e. The molecule has 2 aromatic carbocycles. The van der Waals surface area contributed by atoms with Crippen LogP contribution in [0.3, 0.4) is 0 Å². The van der Waals surface area contributed by atoms with Crippen LogP contribution in [0.1, 0.15) is 10.4 Å². The number of amides is 1. The molecule has 0 aliphatic heterocycles. The second-order valence-corrected chi connectivity index (χ2v) is 4.85. The Balaban J connectivity index is 1.95. The van der Waals surface area contributed by atoms with Crippen LogP contribution in [0.5, 0.6) is 0 Å². The molecule has 0 spiro atoms. The average Bonchev–Trinajstić information content (AvgIpc) is 2.84. The van der Waals surface area contributed by atoms with E-state index >= 15 is 0 Å². The minimum absolute atomic E-state index is 0.214. The minimum atomic E-state index is -0.214. The van der Waals surface area contributed by atoms with Gasteiger partial charge in [-0.25, -0.2) is 0 Å². The van der Waals surface area contributed by atoms with Crippen molar-refractivity contribution in [1.82, 2.24) is 4.98 Å². The van der Waals surface area contributed by atoms with E-state index < -0.39 is 0 Å². The number of carbonyl (C=O) groups excluding carboxylic acids is 1. The van der Waals surface area contributed by atoms with E-state index in [0.29, 0.717) is 22.0 Å². The minimum Gasteiger partial charge on any atom is -0.399 e. The number of fused-ring (bicyclic) bond motifs is 1. The molecule has 0 unspecified atom stereocenters. The zero-order valence-electron chi connectivity index (χ0n) is 10.5. The van der Waals surface area contributed by atoms with Gasteiger partial charge in [0.25, 0.3) is 5.91 Å². The number of para-hydroxylation sites is 1. The second-order valence-electron chi connectivity index (χ2n) is 4.44. The summed E-state index contributed by atoms with van der Waals surface area (Å²) in [7, 11) is 0. The number of benzene rings is 2. The lowest BCUT2D eigenvalue weighted by Crippen LogP contribution is -2.11. The van der Waals surface area contributed by atoms with Gasteiger partial charge < -0.3 is 16.0 Å². The smallest absolute Gasteiger partial charge is 0.257 e. The second kappa shape index (κ2) is 4.90. The van der Waals surface area contributed by atoms with Gasteiger partial charge in [-0.15, -0.1) is 0 Å². The van der Waals surface area contributed by atoms with Gasteiger partial charge in [0.2, 0.25) is 0 Å². The first-order valence-electron chi connectivity index (χ1n) is 6.07. The molecule has 1 heterocycles. The fourth-order valence-electron chi connectivity index (χ4n) is 2.08. The molecule has 1 aromatic heterocycles. The van der Waals surface area contributed by atoms with Gasteiger partial charge in [0.05, 0.1) is 16.3 Å². The van der Waals surface area contributed by atoms with Crippen molar-refractivity contribution < 1.29 is 4.79 Å². The van der Waals surface area contributed by atoms with Crippen LogP contribution in [0.15, 0.2) is 48.7 Å². The Kier molecular flexibility index (Phi) is 3.08. The van der Waals surface area contributed by atoms with Crippen molar-refractivity contribution in [2.24, 2.45) is 0 Å². The molecule has 5 heteroatoms.